The van der Waals surface area contributed by atoms with Crippen molar-refractivity contribution in [1.82, 2.24) is 9.78 Å². The predicted octanol–water partition coefficient (Wildman–Crippen LogP) is 2.70. The smallest absolute Gasteiger partial charge is 0.163 e. The quantitative estimate of drug-likeness (QED) is 0.789. The zero-order chi connectivity index (χ0) is 11.8. The van der Waals surface area contributed by atoms with Crippen LogP contribution in [0, 0.1) is 0 Å². The number of benzene rings is 1. The number of aryl methyl sites for hydroxylation is 2. The van der Waals surface area contributed by atoms with Crippen molar-refractivity contribution in [2.24, 2.45) is 0 Å². The van der Waals surface area contributed by atoms with E-state index < -0.39 is 0 Å². The Morgan fingerprint density at radius 1 is 1.29 bits per heavy atom. The first-order chi connectivity index (χ1) is 8.28. The van der Waals surface area contributed by atoms with E-state index in [1.807, 2.05) is 29.2 Å². The van der Waals surface area contributed by atoms with E-state index in [-0.39, 0.29) is 5.78 Å². The molecule has 86 valence electrons. The van der Waals surface area contributed by atoms with Crippen molar-refractivity contribution in [2.75, 3.05) is 0 Å². The zero-order valence-corrected chi connectivity index (χ0v) is 9.81. The van der Waals surface area contributed by atoms with Gasteiger partial charge in [0.15, 0.2) is 5.78 Å². The topological polar surface area (TPSA) is 34.9 Å². The number of hydrogen-bond donors (Lipinski definition) is 0. The minimum atomic E-state index is 0.274. The minimum Gasteiger partial charge on any atom is -0.294 e. The minimum absolute atomic E-state index is 0.274. The van der Waals surface area contributed by atoms with Crippen molar-refractivity contribution in [3.63, 3.8) is 0 Å². The highest BCUT2D eigenvalue weighted by molar-refractivity contribution is 6.00. The average molecular weight is 226 g/mol. The van der Waals surface area contributed by atoms with Gasteiger partial charge in [0.1, 0.15) is 0 Å². The molecule has 0 fully saturated rings. The number of carbonyl (C=O) groups excluding carboxylic acids is 1. The Hall–Kier alpha value is -1.90. The summed E-state index contributed by atoms with van der Waals surface area (Å²) in [7, 11) is 0. The maximum Gasteiger partial charge on any atom is 0.163 e. The van der Waals surface area contributed by atoms with Gasteiger partial charge in [-0.3, -0.25) is 9.48 Å². The summed E-state index contributed by atoms with van der Waals surface area (Å²) in [6, 6.07) is 6.08. The van der Waals surface area contributed by atoms with Crippen LogP contribution in [0.25, 0.3) is 11.1 Å². The Bertz CT molecular complexity index is 584. The van der Waals surface area contributed by atoms with Crippen LogP contribution in [0.1, 0.15) is 29.3 Å². The molecular formula is C14H14N2O. The molecule has 0 spiro atoms. The molecule has 0 bridgehead atoms. The summed E-state index contributed by atoms with van der Waals surface area (Å²) >= 11 is 0. The van der Waals surface area contributed by atoms with Crippen molar-refractivity contribution >= 4 is 5.78 Å². The van der Waals surface area contributed by atoms with Gasteiger partial charge in [-0.05, 0) is 24.5 Å². The van der Waals surface area contributed by atoms with E-state index in [2.05, 4.69) is 18.1 Å². The fraction of sp³-hybridized carbons (Fsp3) is 0.286. The van der Waals surface area contributed by atoms with Gasteiger partial charge in [-0.2, -0.15) is 5.10 Å². The first-order valence-corrected chi connectivity index (χ1v) is 5.97. The third-order valence-electron chi connectivity index (χ3n) is 3.32. The Kier molecular flexibility index (Phi) is 2.32. The monoisotopic (exact) mass is 226 g/mol. The zero-order valence-electron chi connectivity index (χ0n) is 9.81. The molecule has 3 rings (SSSR count). The Morgan fingerprint density at radius 2 is 2.18 bits per heavy atom. The van der Waals surface area contributed by atoms with Gasteiger partial charge in [-0.25, -0.2) is 0 Å². The van der Waals surface area contributed by atoms with Crippen LogP contribution >= 0.6 is 0 Å². The summed E-state index contributed by atoms with van der Waals surface area (Å²) in [4.78, 5) is 11.5. The number of Topliss-reactive ketones (excluding diaryl/α,β-unsaturated/α-hetero) is 1. The number of carbonyl (C=O) groups is 1. The second-order valence-electron chi connectivity index (χ2n) is 4.38. The van der Waals surface area contributed by atoms with Gasteiger partial charge in [0, 0.05) is 30.3 Å². The molecule has 1 heterocycles. The maximum absolute atomic E-state index is 11.5. The van der Waals surface area contributed by atoms with Crippen LogP contribution in [-0.4, -0.2) is 15.6 Å². The molecule has 1 aliphatic carbocycles. The summed E-state index contributed by atoms with van der Waals surface area (Å²) in [6.45, 7) is 2.95. The third-order valence-corrected chi connectivity index (χ3v) is 3.32. The molecule has 0 saturated heterocycles. The van der Waals surface area contributed by atoms with Gasteiger partial charge >= 0.3 is 0 Å². The normalized spacial score (nSPS) is 14.1. The number of aromatic nitrogens is 2. The predicted molar refractivity (Wildman–Crippen MR) is 66.0 cm³/mol. The Labute approximate surface area is 100 Å². The molecule has 0 aliphatic heterocycles. The van der Waals surface area contributed by atoms with Gasteiger partial charge < -0.3 is 0 Å². The highest BCUT2D eigenvalue weighted by atomic mass is 16.1. The lowest BCUT2D eigenvalue weighted by Gasteiger charge is -2.01. The molecule has 0 N–H and O–H groups in total. The molecule has 1 aromatic carbocycles. The highest BCUT2D eigenvalue weighted by Gasteiger charge is 2.19. The SMILES string of the molecule is CCn1cc(-c2ccc3c(c2)CCC3=O)cn1. The second kappa shape index (κ2) is 3.84. The Morgan fingerprint density at radius 3 is 2.94 bits per heavy atom. The number of hydrogen-bond acceptors (Lipinski definition) is 2. The standard InChI is InChI=1S/C14H14N2O/c1-2-16-9-12(8-15-16)10-3-5-13-11(7-10)4-6-14(13)17/h3,5,7-9H,2,4,6H2,1H3. The first-order valence-electron chi connectivity index (χ1n) is 5.97. The molecule has 0 atom stereocenters. The van der Waals surface area contributed by atoms with Crippen LogP contribution < -0.4 is 0 Å². The van der Waals surface area contributed by atoms with Crippen molar-refractivity contribution in [3.8, 4) is 11.1 Å². The van der Waals surface area contributed by atoms with Crippen LogP contribution in [0.2, 0.25) is 0 Å². The summed E-state index contributed by atoms with van der Waals surface area (Å²) in [5.41, 5.74) is 4.35. The molecule has 0 amide bonds. The molecule has 3 heteroatoms. The lowest BCUT2D eigenvalue weighted by atomic mass is 10.0. The van der Waals surface area contributed by atoms with E-state index in [1.54, 1.807) is 0 Å². The van der Waals surface area contributed by atoms with Gasteiger partial charge in [0.05, 0.1) is 6.20 Å². The van der Waals surface area contributed by atoms with Crippen LogP contribution in [0.15, 0.2) is 30.6 Å². The number of ketones is 1. The summed E-state index contributed by atoms with van der Waals surface area (Å²) in [5.74, 6) is 0.274. The van der Waals surface area contributed by atoms with Gasteiger partial charge in [-0.1, -0.05) is 18.2 Å². The van der Waals surface area contributed by atoms with Gasteiger partial charge in [0.25, 0.3) is 0 Å². The molecule has 3 nitrogen and oxygen atoms in total. The van der Waals surface area contributed by atoms with Crippen molar-refractivity contribution in [3.05, 3.63) is 41.7 Å². The van der Waals surface area contributed by atoms with Crippen LogP contribution in [0.3, 0.4) is 0 Å². The van der Waals surface area contributed by atoms with Crippen LogP contribution in [-0.2, 0) is 13.0 Å². The highest BCUT2D eigenvalue weighted by Crippen LogP contribution is 2.27. The molecule has 1 aromatic heterocycles. The second-order valence-corrected chi connectivity index (χ2v) is 4.38. The number of rotatable bonds is 2. The maximum atomic E-state index is 11.5. The van der Waals surface area contributed by atoms with E-state index in [0.717, 1.165) is 29.7 Å². The van der Waals surface area contributed by atoms with Gasteiger partial charge in [0.2, 0.25) is 0 Å². The molecule has 0 unspecified atom stereocenters. The Balaban J connectivity index is 2.02. The summed E-state index contributed by atoms with van der Waals surface area (Å²) < 4.78 is 1.91. The van der Waals surface area contributed by atoms with Gasteiger partial charge in [-0.15, -0.1) is 0 Å². The fourth-order valence-corrected chi connectivity index (χ4v) is 2.32. The molecular weight excluding hydrogens is 212 g/mol. The van der Waals surface area contributed by atoms with Crippen LogP contribution in [0.4, 0.5) is 0 Å². The van der Waals surface area contributed by atoms with E-state index in [0.29, 0.717) is 6.42 Å². The lowest BCUT2D eigenvalue weighted by Crippen LogP contribution is -1.92. The average Bonchev–Trinajstić information content (AvgIpc) is 2.96. The molecule has 2 aromatic rings. The van der Waals surface area contributed by atoms with E-state index >= 15 is 0 Å². The third kappa shape index (κ3) is 1.68. The van der Waals surface area contributed by atoms with E-state index in [9.17, 15) is 4.79 Å². The van der Waals surface area contributed by atoms with Crippen molar-refractivity contribution in [2.45, 2.75) is 26.3 Å². The fourth-order valence-electron chi connectivity index (χ4n) is 2.32. The first kappa shape index (κ1) is 10.3. The number of fused-ring (bicyclic) bond motifs is 1. The molecule has 1 aliphatic rings. The summed E-state index contributed by atoms with van der Waals surface area (Å²) in [6.07, 6.45) is 5.46. The molecule has 0 saturated carbocycles. The lowest BCUT2D eigenvalue weighted by molar-refractivity contribution is 0.0994. The van der Waals surface area contributed by atoms with Crippen molar-refractivity contribution < 1.29 is 4.79 Å². The van der Waals surface area contributed by atoms with Crippen molar-refractivity contribution in [1.29, 1.82) is 0 Å². The van der Waals surface area contributed by atoms with Crippen LogP contribution in [0.5, 0.6) is 0 Å². The van der Waals surface area contributed by atoms with E-state index in [4.69, 9.17) is 0 Å². The summed E-state index contributed by atoms with van der Waals surface area (Å²) in [5, 5.41) is 4.27. The number of nitrogens with zero attached hydrogens (tertiary/aromatic N) is 2. The molecule has 0 radical (unpaired) electrons. The van der Waals surface area contributed by atoms with E-state index in [1.165, 1.54) is 5.56 Å². The largest absolute Gasteiger partial charge is 0.294 e. The molecule has 17 heavy (non-hydrogen) atoms.